The third-order valence-corrected chi connectivity index (χ3v) is 6.43. The molecule has 0 spiro atoms. The summed E-state index contributed by atoms with van der Waals surface area (Å²) in [5.41, 5.74) is 2.42. The molecule has 2 aliphatic heterocycles. The number of imide groups is 1. The van der Waals surface area contributed by atoms with Gasteiger partial charge in [-0.25, -0.2) is 4.98 Å². The Morgan fingerprint density at radius 3 is 2.12 bits per heavy atom. The fraction of sp³-hybridized carbons (Fsp3) is 0.192. The fourth-order valence-corrected chi connectivity index (χ4v) is 4.56. The molecule has 1 aromatic heterocycles. The van der Waals surface area contributed by atoms with Gasteiger partial charge in [-0.3, -0.25) is 14.5 Å². The molecule has 0 bridgehead atoms. The molecule has 5 rings (SSSR count). The van der Waals surface area contributed by atoms with Crippen molar-refractivity contribution >= 4 is 34.8 Å². The van der Waals surface area contributed by atoms with E-state index < -0.39 is 0 Å². The van der Waals surface area contributed by atoms with Crippen molar-refractivity contribution in [2.45, 2.75) is 6.54 Å². The SMILES string of the molecule is O=C1C(c2ccccc2)=C(N2CCN(c3ccccn3)CC2)C(=O)N1Cc1ccccc1Cl. The van der Waals surface area contributed by atoms with Gasteiger partial charge in [-0.1, -0.05) is 66.2 Å². The summed E-state index contributed by atoms with van der Waals surface area (Å²) in [7, 11) is 0. The highest BCUT2D eigenvalue weighted by atomic mass is 35.5. The summed E-state index contributed by atoms with van der Waals surface area (Å²) in [5, 5.41) is 0.539. The van der Waals surface area contributed by atoms with Gasteiger partial charge in [-0.05, 0) is 29.3 Å². The first-order valence-electron chi connectivity index (χ1n) is 10.9. The van der Waals surface area contributed by atoms with Crippen molar-refractivity contribution in [1.82, 2.24) is 14.8 Å². The molecule has 0 radical (unpaired) electrons. The molecule has 0 N–H and O–H groups in total. The lowest BCUT2D eigenvalue weighted by Gasteiger charge is -2.37. The van der Waals surface area contributed by atoms with Gasteiger partial charge in [0.25, 0.3) is 11.8 Å². The number of hydrogen-bond acceptors (Lipinski definition) is 5. The van der Waals surface area contributed by atoms with Crippen LogP contribution < -0.4 is 4.90 Å². The van der Waals surface area contributed by atoms with E-state index in [1.54, 1.807) is 12.3 Å². The molecule has 7 heteroatoms. The van der Waals surface area contributed by atoms with Gasteiger partial charge in [0.15, 0.2) is 0 Å². The van der Waals surface area contributed by atoms with E-state index in [1.807, 2.05) is 71.6 Å². The quantitative estimate of drug-likeness (QED) is 0.544. The largest absolute Gasteiger partial charge is 0.363 e. The van der Waals surface area contributed by atoms with Crippen LogP contribution in [0.4, 0.5) is 5.82 Å². The minimum Gasteiger partial charge on any atom is -0.363 e. The number of carbonyl (C=O) groups excluding carboxylic acids is 2. The monoisotopic (exact) mass is 458 g/mol. The zero-order valence-corrected chi connectivity index (χ0v) is 18.8. The van der Waals surface area contributed by atoms with Gasteiger partial charge in [0.2, 0.25) is 0 Å². The zero-order valence-electron chi connectivity index (χ0n) is 18.0. The maximum Gasteiger partial charge on any atom is 0.278 e. The predicted molar refractivity (Wildman–Crippen MR) is 128 cm³/mol. The number of pyridine rings is 1. The molecule has 2 aliphatic rings. The molecule has 2 aromatic carbocycles. The minimum absolute atomic E-state index is 0.144. The molecular weight excluding hydrogens is 436 g/mol. The first-order valence-corrected chi connectivity index (χ1v) is 11.3. The van der Waals surface area contributed by atoms with E-state index in [4.69, 9.17) is 11.6 Å². The predicted octanol–water partition coefficient (Wildman–Crippen LogP) is 3.84. The van der Waals surface area contributed by atoms with Crippen molar-refractivity contribution in [2.24, 2.45) is 0 Å². The van der Waals surface area contributed by atoms with Crippen LogP contribution in [-0.2, 0) is 16.1 Å². The Hall–Kier alpha value is -3.64. The van der Waals surface area contributed by atoms with Crippen LogP contribution in [0.25, 0.3) is 5.57 Å². The number of benzene rings is 2. The number of aromatic nitrogens is 1. The van der Waals surface area contributed by atoms with E-state index in [0.29, 0.717) is 42.5 Å². The second kappa shape index (κ2) is 9.08. The Labute approximate surface area is 197 Å². The third-order valence-electron chi connectivity index (χ3n) is 6.06. The highest BCUT2D eigenvalue weighted by Gasteiger charge is 2.42. The molecule has 1 fully saturated rings. The first-order chi connectivity index (χ1) is 16.1. The molecule has 0 unspecified atom stereocenters. The molecule has 0 saturated carbocycles. The van der Waals surface area contributed by atoms with E-state index in [-0.39, 0.29) is 18.4 Å². The van der Waals surface area contributed by atoms with Crippen LogP contribution in [0.3, 0.4) is 0 Å². The Morgan fingerprint density at radius 2 is 1.42 bits per heavy atom. The number of carbonyl (C=O) groups is 2. The maximum absolute atomic E-state index is 13.6. The maximum atomic E-state index is 13.6. The normalized spacial score (nSPS) is 16.7. The average molecular weight is 459 g/mol. The number of nitrogens with zero attached hydrogens (tertiary/aromatic N) is 4. The van der Waals surface area contributed by atoms with Gasteiger partial charge >= 0.3 is 0 Å². The van der Waals surface area contributed by atoms with Crippen LogP contribution in [0.1, 0.15) is 11.1 Å². The Balaban J connectivity index is 1.45. The van der Waals surface area contributed by atoms with Crippen molar-refractivity contribution in [3.05, 3.63) is 101 Å². The van der Waals surface area contributed by atoms with Gasteiger partial charge in [0.1, 0.15) is 11.5 Å². The summed E-state index contributed by atoms with van der Waals surface area (Å²) in [5.74, 6) is 0.363. The summed E-state index contributed by atoms with van der Waals surface area (Å²) in [6.45, 7) is 2.83. The Kier molecular flexibility index (Phi) is 5.84. The highest BCUT2D eigenvalue weighted by Crippen LogP contribution is 2.34. The number of hydrogen-bond donors (Lipinski definition) is 0. The number of anilines is 1. The molecule has 0 aliphatic carbocycles. The van der Waals surface area contributed by atoms with E-state index in [9.17, 15) is 9.59 Å². The van der Waals surface area contributed by atoms with Crippen LogP contribution in [0.15, 0.2) is 84.7 Å². The van der Waals surface area contributed by atoms with Crippen LogP contribution in [0.5, 0.6) is 0 Å². The average Bonchev–Trinajstić information content (AvgIpc) is 3.11. The van der Waals surface area contributed by atoms with Gasteiger partial charge in [0, 0.05) is 37.4 Å². The lowest BCUT2D eigenvalue weighted by Crippen LogP contribution is -2.47. The standard InChI is InChI=1S/C26H23ClN4O2/c27-21-11-5-4-10-20(21)18-31-25(32)23(19-8-2-1-3-9-19)24(26(31)33)30-16-14-29(15-17-30)22-12-6-7-13-28-22/h1-13H,14-18H2. The van der Waals surface area contributed by atoms with Crippen LogP contribution in [-0.4, -0.2) is 52.8 Å². The molecule has 166 valence electrons. The second-order valence-corrected chi connectivity index (χ2v) is 8.45. The van der Waals surface area contributed by atoms with E-state index in [1.165, 1.54) is 4.90 Å². The van der Waals surface area contributed by atoms with Gasteiger partial charge < -0.3 is 9.80 Å². The molecular formula is C26H23ClN4O2. The van der Waals surface area contributed by atoms with E-state index in [0.717, 1.165) is 16.9 Å². The first kappa shape index (κ1) is 21.2. The summed E-state index contributed by atoms with van der Waals surface area (Å²) < 4.78 is 0. The Morgan fingerprint density at radius 1 is 0.758 bits per heavy atom. The minimum atomic E-state index is -0.284. The topological polar surface area (TPSA) is 56.8 Å². The van der Waals surface area contributed by atoms with Crippen molar-refractivity contribution in [3.8, 4) is 0 Å². The molecule has 1 saturated heterocycles. The van der Waals surface area contributed by atoms with Crippen molar-refractivity contribution in [2.75, 3.05) is 31.1 Å². The van der Waals surface area contributed by atoms with E-state index in [2.05, 4.69) is 9.88 Å². The summed E-state index contributed by atoms with van der Waals surface area (Å²) in [6.07, 6.45) is 1.78. The molecule has 2 amide bonds. The molecule has 3 heterocycles. The molecule has 6 nitrogen and oxygen atoms in total. The van der Waals surface area contributed by atoms with E-state index >= 15 is 0 Å². The summed E-state index contributed by atoms with van der Waals surface area (Å²) in [6, 6.07) is 22.6. The van der Waals surface area contributed by atoms with Gasteiger partial charge in [-0.2, -0.15) is 0 Å². The Bertz CT molecular complexity index is 1210. The third kappa shape index (κ3) is 4.10. The van der Waals surface area contributed by atoms with Crippen molar-refractivity contribution in [1.29, 1.82) is 0 Å². The van der Waals surface area contributed by atoms with Crippen molar-refractivity contribution < 1.29 is 9.59 Å². The summed E-state index contributed by atoms with van der Waals surface area (Å²) in [4.78, 5) is 37.1. The lowest BCUT2D eigenvalue weighted by atomic mass is 10.0. The summed E-state index contributed by atoms with van der Waals surface area (Å²) >= 11 is 6.33. The lowest BCUT2D eigenvalue weighted by molar-refractivity contribution is -0.138. The number of rotatable bonds is 5. The number of piperazine rings is 1. The van der Waals surface area contributed by atoms with Gasteiger partial charge in [0.05, 0.1) is 12.1 Å². The van der Waals surface area contributed by atoms with Crippen LogP contribution in [0, 0.1) is 0 Å². The second-order valence-electron chi connectivity index (χ2n) is 8.04. The molecule has 3 aromatic rings. The number of halogens is 1. The van der Waals surface area contributed by atoms with Gasteiger partial charge in [-0.15, -0.1) is 0 Å². The van der Waals surface area contributed by atoms with Crippen LogP contribution >= 0.6 is 11.6 Å². The van der Waals surface area contributed by atoms with Crippen molar-refractivity contribution in [3.63, 3.8) is 0 Å². The zero-order chi connectivity index (χ0) is 22.8. The molecule has 0 atom stereocenters. The molecule has 33 heavy (non-hydrogen) atoms. The number of amides is 2. The highest BCUT2D eigenvalue weighted by molar-refractivity contribution is 6.35. The smallest absolute Gasteiger partial charge is 0.278 e. The fourth-order valence-electron chi connectivity index (χ4n) is 4.36. The van der Waals surface area contributed by atoms with Crippen LogP contribution in [0.2, 0.25) is 5.02 Å².